The molecule has 1 saturated heterocycles. The highest BCUT2D eigenvalue weighted by atomic mass is 35.5. The third kappa shape index (κ3) is 4.27. The number of aromatic nitrogens is 5. The number of benzene rings is 1. The molecule has 0 aliphatic carbocycles. The molecular weight excluding hydrogens is 417 g/mol. The van der Waals surface area contributed by atoms with Gasteiger partial charge in [-0.25, -0.2) is 4.98 Å². The van der Waals surface area contributed by atoms with E-state index in [0.29, 0.717) is 46.1 Å². The van der Waals surface area contributed by atoms with Gasteiger partial charge in [-0.1, -0.05) is 23.2 Å². The standard InChI is InChI=1S/C18H19Cl2N7O2/c1-11-21-17(25-22-11)14-5-6-16(24-23-14)27-8-7-18(26-27,28-2)10-29-15-9-12(19)3-4-13(15)20/h3-6,9,26H,7-8,10H2,1-2H3,(H,21,22,25). The molecule has 11 heteroatoms. The van der Waals surface area contributed by atoms with Crippen molar-refractivity contribution in [2.75, 3.05) is 25.3 Å². The largest absolute Gasteiger partial charge is 0.487 e. The number of ether oxygens (including phenoxy) is 2. The van der Waals surface area contributed by atoms with Crippen LogP contribution in [0.3, 0.4) is 0 Å². The van der Waals surface area contributed by atoms with Crippen molar-refractivity contribution in [3.63, 3.8) is 0 Å². The molecule has 1 unspecified atom stereocenters. The van der Waals surface area contributed by atoms with Crippen molar-refractivity contribution in [3.05, 3.63) is 46.2 Å². The summed E-state index contributed by atoms with van der Waals surface area (Å²) in [5, 5.41) is 18.3. The molecule has 1 fully saturated rings. The van der Waals surface area contributed by atoms with Gasteiger partial charge in [0.2, 0.25) is 5.82 Å². The van der Waals surface area contributed by atoms with E-state index in [2.05, 4.69) is 30.8 Å². The van der Waals surface area contributed by atoms with Gasteiger partial charge in [-0.3, -0.25) is 10.1 Å². The molecule has 2 N–H and O–H groups in total. The van der Waals surface area contributed by atoms with Crippen molar-refractivity contribution < 1.29 is 9.47 Å². The van der Waals surface area contributed by atoms with Gasteiger partial charge in [0.05, 0.1) is 5.02 Å². The fourth-order valence-corrected chi connectivity index (χ4v) is 3.30. The number of hydrogen-bond acceptors (Lipinski definition) is 8. The first kappa shape index (κ1) is 19.8. The number of H-pyrrole nitrogens is 1. The van der Waals surface area contributed by atoms with Gasteiger partial charge in [-0.15, -0.1) is 10.2 Å². The molecule has 0 radical (unpaired) electrons. The minimum absolute atomic E-state index is 0.238. The quantitative estimate of drug-likeness (QED) is 0.608. The highest BCUT2D eigenvalue weighted by Gasteiger charge is 2.39. The number of nitrogens with one attached hydrogen (secondary N) is 2. The van der Waals surface area contributed by atoms with Crippen LogP contribution in [0.5, 0.6) is 5.75 Å². The van der Waals surface area contributed by atoms with E-state index in [0.717, 1.165) is 5.82 Å². The predicted octanol–water partition coefficient (Wildman–Crippen LogP) is 3.01. The molecule has 1 aliphatic rings. The maximum absolute atomic E-state index is 6.18. The summed E-state index contributed by atoms with van der Waals surface area (Å²) in [5.74, 6) is 2.38. The number of aromatic amines is 1. The lowest BCUT2D eigenvalue weighted by Gasteiger charge is -2.29. The Kier molecular flexibility index (Phi) is 5.55. The summed E-state index contributed by atoms with van der Waals surface area (Å²) in [4.78, 5) is 4.26. The fourth-order valence-electron chi connectivity index (χ4n) is 2.96. The van der Waals surface area contributed by atoms with Crippen molar-refractivity contribution in [2.24, 2.45) is 0 Å². The maximum atomic E-state index is 6.18. The Morgan fingerprint density at radius 3 is 2.76 bits per heavy atom. The number of hydrogen-bond donors (Lipinski definition) is 2. The van der Waals surface area contributed by atoms with Crippen LogP contribution in [0, 0.1) is 6.92 Å². The zero-order valence-electron chi connectivity index (χ0n) is 15.8. The average Bonchev–Trinajstić information content (AvgIpc) is 3.36. The first-order chi connectivity index (χ1) is 14.0. The number of aryl methyl sites for hydroxylation is 1. The number of halogens is 2. The second-order valence-electron chi connectivity index (χ2n) is 6.60. The van der Waals surface area contributed by atoms with Gasteiger partial charge in [-0.05, 0) is 31.2 Å². The smallest absolute Gasteiger partial charge is 0.201 e. The van der Waals surface area contributed by atoms with E-state index in [-0.39, 0.29) is 6.61 Å². The van der Waals surface area contributed by atoms with E-state index in [1.807, 2.05) is 24.1 Å². The van der Waals surface area contributed by atoms with E-state index < -0.39 is 5.72 Å². The van der Waals surface area contributed by atoms with Gasteiger partial charge in [0.15, 0.2) is 11.5 Å². The predicted molar refractivity (Wildman–Crippen MR) is 109 cm³/mol. The average molecular weight is 436 g/mol. The minimum Gasteiger partial charge on any atom is -0.487 e. The van der Waals surface area contributed by atoms with Gasteiger partial charge in [0, 0.05) is 31.2 Å². The number of hydrazine groups is 1. The van der Waals surface area contributed by atoms with Gasteiger partial charge >= 0.3 is 0 Å². The van der Waals surface area contributed by atoms with Crippen LogP contribution in [0.4, 0.5) is 5.82 Å². The summed E-state index contributed by atoms with van der Waals surface area (Å²) in [6, 6.07) is 8.75. The SMILES string of the molecule is COC1(COc2cc(Cl)ccc2Cl)CCN(c2ccc(-c3n[nH]c(C)n3)nn2)N1. The second kappa shape index (κ2) is 8.11. The highest BCUT2D eigenvalue weighted by molar-refractivity contribution is 6.34. The van der Waals surface area contributed by atoms with Crippen LogP contribution in [-0.4, -0.2) is 51.4 Å². The monoisotopic (exact) mass is 435 g/mol. The van der Waals surface area contributed by atoms with E-state index in [1.165, 1.54) is 0 Å². The van der Waals surface area contributed by atoms with Crippen LogP contribution in [0.2, 0.25) is 10.0 Å². The summed E-state index contributed by atoms with van der Waals surface area (Å²) >= 11 is 12.2. The van der Waals surface area contributed by atoms with E-state index in [1.54, 1.807) is 25.3 Å². The third-order valence-electron chi connectivity index (χ3n) is 4.58. The van der Waals surface area contributed by atoms with Crippen LogP contribution >= 0.6 is 23.2 Å². The van der Waals surface area contributed by atoms with Crippen LogP contribution in [0.1, 0.15) is 12.2 Å². The topological polar surface area (TPSA) is 101 Å². The Bertz CT molecular complexity index is 998. The molecule has 0 saturated carbocycles. The summed E-state index contributed by atoms with van der Waals surface area (Å²) in [7, 11) is 1.62. The Labute approximate surface area is 177 Å². The lowest BCUT2D eigenvalue weighted by atomic mass is 10.2. The second-order valence-corrected chi connectivity index (χ2v) is 7.44. The molecule has 4 rings (SSSR count). The highest BCUT2D eigenvalue weighted by Crippen LogP contribution is 2.30. The van der Waals surface area contributed by atoms with E-state index in [9.17, 15) is 0 Å². The Morgan fingerprint density at radius 2 is 2.07 bits per heavy atom. The van der Waals surface area contributed by atoms with Gasteiger partial charge in [0.1, 0.15) is 23.9 Å². The molecule has 1 aromatic carbocycles. The lowest BCUT2D eigenvalue weighted by Crippen LogP contribution is -2.51. The van der Waals surface area contributed by atoms with Crippen LogP contribution in [0.25, 0.3) is 11.5 Å². The molecule has 0 spiro atoms. The molecule has 2 aromatic heterocycles. The van der Waals surface area contributed by atoms with Crippen LogP contribution < -0.4 is 15.2 Å². The third-order valence-corrected chi connectivity index (χ3v) is 5.12. The molecule has 1 atom stereocenters. The minimum atomic E-state index is -0.729. The molecule has 152 valence electrons. The first-order valence-corrected chi connectivity index (χ1v) is 9.65. The Balaban J connectivity index is 1.44. The van der Waals surface area contributed by atoms with Crippen molar-refractivity contribution in [1.29, 1.82) is 0 Å². The molecule has 9 nitrogen and oxygen atoms in total. The molecule has 3 aromatic rings. The Hall–Kier alpha value is -2.46. The van der Waals surface area contributed by atoms with E-state index >= 15 is 0 Å². The number of anilines is 1. The summed E-state index contributed by atoms with van der Waals surface area (Å²) < 4.78 is 11.6. The zero-order valence-corrected chi connectivity index (χ0v) is 17.3. The number of nitrogens with zero attached hydrogens (tertiary/aromatic N) is 5. The van der Waals surface area contributed by atoms with Gasteiger partial charge < -0.3 is 9.47 Å². The fraction of sp³-hybridized carbons (Fsp3) is 0.333. The van der Waals surface area contributed by atoms with Crippen LogP contribution in [-0.2, 0) is 4.74 Å². The maximum Gasteiger partial charge on any atom is 0.201 e. The van der Waals surface area contributed by atoms with Crippen molar-refractivity contribution in [1.82, 2.24) is 30.8 Å². The molecule has 29 heavy (non-hydrogen) atoms. The number of rotatable bonds is 6. The molecule has 3 heterocycles. The zero-order chi connectivity index (χ0) is 20.4. The van der Waals surface area contributed by atoms with Crippen LogP contribution in [0.15, 0.2) is 30.3 Å². The van der Waals surface area contributed by atoms with Gasteiger partial charge in [-0.2, -0.15) is 10.5 Å². The van der Waals surface area contributed by atoms with Crippen molar-refractivity contribution in [2.45, 2.75) is 19.1 Å². The molecule has 0 bridgehead atoms. The van der Waals surface area contributed by atoms with Crippen molar-refractivity contribution >= 4 is 29.0 Å². The van der Waals surface area contributed by atoms with E-state index in [4.69, 9.17) is 32.7 Å². The Morgan fingerprint density at radius 1 is 1.21 bits per heavy atom. The molecule has 1 aliphatic heterocycles. The summed E-state index contributed by atoms with van der Waals surface area (Å²) in [6.45, 7) is 2.73. The lowest BCUT2D eigenvalue weighted by molar-refractivity contribution is -0.0564. The van der Waals surface area contributed by atoms with Gasteiger partial charge in [0.25, 0.3) is 0 Å². The number of methoxy groups -OCH3 is 1. The normalized spacial score (nSPS) is 19.0. The summed E-state index contributed by atoms with van der Waals surface area (Å²) in [6.07, 6.45) is 0.672. The van der Waals surface area contributed by atoms with Crippen molar-refractivity contribution in [3.8, 4) is 17.3 Å². The molecular formula is C18H19Cl2N7O2. The molecule has 0 amide bonds. The first-order valence-electron chi connectivity index (χ1n) is 8.89. The summed E-state index contributed by atoms with van der Waals surface area (Å²) in [5.41, 5.74) is 3.17.